The highest BCUT2D eigenvalue weighted by atomic mass is 79.9. The van der Waals surface area contributed by atoms with Gasteiger partial charge in [-0.15, -0.1) is 0 Å². The zero-order valence-corrected chi connectivity index (χ0v) is 13.8. The van der Waals surface area contributed by atoms with Crippen LogP contribution in [0.2, 0.25) is 5.02 Å². The van der Waals surface area contributed by atoms with E-state index in [1.807, 2.05) is 42.5 Å². The Morgan fingerprint density at radius 3 is 2.81 bits per heavy atom. The molecule has 5 heteroatoms. The van der Waals surface area contributed by atoms with Crippen LogP contribution in [0.25, 0.3) is 0 Å². The second kappa shape index (κ2) is 8.39. The summed E-state index contributed by atoms with van der Waals surface area (Å²) in [5.74, 6) is 0.823. The molecule has 0 saturated carbocycles. The van der Waals surface area contributed by atoms with Crippen molar-refractivity contribution >= 4 is 27.5 Å². The normalized spacial score (nSPS) is 10.6. The van der Waals surface area contributed by atoms with E-state index in [1.165, 1.54) is 0 Å². The van der Waals surface area contributed by atoms with Gasteiger partial charge in [0.25, 0.3) is 0 Å². The molecule has 0 fully saturated rings. The van der Waals surface area contributed by atoms with Gasteiger partial charge in [-0.1, -0.05) is 39.7 Å². The Labute approximate surface area is 138 Å². The van der Waals surface area contributed by atoms with Crippen LogP contribution in [0.1, 0.15) is 11.1 Å². The Bertz CT molecular complexity index is 592. The summed E-state index contributed by atoms with van der Waals surface area (Å²) in [5.41, 5.74) is 2.07. The molecule has 0 heterocycles. The number of rotatable bonds is 7. The maximum Gasteiger partial charge on any atom is 0.124 e. The zero-order valence-electron chi connectivity index (χ0n) is 11.5. The van der Waals surface area contributed by atoms with Gasteiger partial charge in [0.1, 0.15) is 12.4 Å². The van der Waals surface area contributed by atoms with Crippen LogP contribution in [-0.2, 0) is 13.2 Å². The van der Waals surface area contributed by atoms with Gasteiger partial charge in [0.15, 0.2) is 0 Å². The van der Waals surface area contributed by atoms with Crippen molar-refractivity contribution in [2.75, 3.05) is 13.2 Å². The first-order chi connectivity index (χ1) is 10.2. The molecule has 0 aliphatic heterocycles. The van der Waals surface area contributed by atoms with Crippen LogP contribution >= 0.6 is 27.5 Å². The molecule has 0 aliphatic carbocycles. The zero-order chi connectivity index (χ0) is 15.1. The molecule has 0 atom stereocenters. The van der Waals surface area contributed by atoms with Crippen molar-refractivity contribution in [3.05, 3.63) is 63.1 Å². The second-order valence-corrected chi connectivity index (χ2v) is 5.92. The van der Waals surface area contributed by atoms with E-state index < -0.39 is 0 Å². The van der Waals surface area contributed by atoms with Crippen LogP contribution in [-0.4, -0.2) is 18.3 Å². The SMILES string of the molecule is OCCNCc1cc(Br)ccc1OCc1cccc(Cl)c1. The molecule has 0 amide bonds. The van der Waals surface area contributed by atoms with E-state index in [0.29, 0.717) is 24.7 Å². The molecule has 2 N–H and O–H groups in total. The fraction of sp³-hybridized carbons (Fsp3) is 0.250. The first kappa shape index (κ1) is 16.3. The van der Waals surface area contributed by atoms with E-state index in [1.54, 1.807) is 0 Å². The highest BCUT2D eigenvalue weighted by molar-refractivity contribution is 9.10. The van der Waals surface area contributed by atoms with Crippen molar-refractivity contribution in [2.45, 2.75) is 13.2 Å². The topological polar surface area (TPSA) is 41.5 Å². The molecule has 0 aliphatic rings. The van der Waals surface area contributed by atoms with E-state index in [2.05, 4.69) is 21.2 Å². The van der Waals surface area contributed by atoms with Crippen molar-refractivity contribution in [1.29, 1.82) is 0 Å². The van der Waals surface area contributed by atoms with Crippen molar-refractivity contribution in [2.24, 2.45) is 0 Å². The standard InChI is InChI=1S/C16H17BrClNO2/c17-14-4-5-16(13(9-14)10-19-6-7-20)21-11-12-2-1-3-15(18)8-12/h1-5,8-9,19-20H,6-7,10-11H2. The summed E-state index contributed by atoms with van der Waals surface area (Å²) in [6, 6.07) is 13.5. The molecule has 3 nitrogen and oxygen atoms in total. The third-order valence-corrected chi connectivity index (χ3v) is 3.64. The van der Waals surface area contributed by atoms with E-state index in [0.717, 1.165) is 21.3 Å². The Morgan fingerprint density at radius 1 is 1.19 bits per heavy atom. The predicted molar refractivity (Wildman–Crippen MR) is 88.7 cm³/mol. The highest BCUT2D eigenvalue weighted by Gasteiger charge is 2.05. The Morgan fingerprint density at radius 2 is 2.05 bits per heavy atom. The van der Waals surface area contributed by atoms with E-state index in [4.69, 9.17) is 21.4 Å². The maximum absolute atomic E-state index is 8.83. The summed E-state index contributed by atoms with van der Waals surface area (Å²) in [4.78, 5) is 0. The predicted octanol–water partition coefficient (Wildman–Crippen LogP) is 3.76. The van der Waals surface area contributed by atoms with Crippen LogP contribution < -0.4 is 10.1 Å². The minimum absolute atomic E-state index is 0.118. The fourth-order valence-corrected chi connectivity index (χ4v) is 2.54. The van der Waals surface area contributed by atoms with Crippen molar-refractivity contribution < 1.29 is 9.84 Å². The number of ether oxygens (including phenoxy) is 1. The van der Waals surface area contributed by atoms with E-state index in [-0.39, 0.29) is 6.61 Å². The summed E-state index contributed by atoms with van der Waals surface area (Å²) in [6.07, 6.45) is 0. The number of halogens is 2. The van der Waals surface area contributed by atoms with Gasteiger partial charge in [-0.2, -0.15) is 0 Å². The number of hydrogen-bond acceptors (Lipinski definition) is 3. The Hall–Kier alpha value is -1.07. The van der Waals surface area contributed by atoms with Gasteiger partial charge in [0.05, 0.1) is 6.61 Å². The van der Waals surface area contributed by atoms with Crippen molar-refractivity contribution in [3.63, 3.8) is 0 Å². The lowest BCUT2D eigenvalue weighted by molar-refractivity contribution is 0.288. The summed E-state index contributed by atoms with van der Waals surface area (Å²) in [6.45, 7) is 1.78. The molecule has 0 unspecified atom stereocenters. The van der Waals surface area contributed by atoms with Gasteiger partial charge >= 0.3 is 0 Å². The van der Waals surface area contributed by atoms with Gasteiger partial charge in [-0.3, -0.25) is 0 Å². The number of benzene rings is 2. The molecule has 0 spiro atoms. The molecule has 0 aromatic heterocycles. The number of aliphatic hydroxyl groups is 1. The average molecular weight is 371 g/mol. The van der Waals surface area contributed by atoms with Crippen LogP contribution in [0, 0.1) is 0 Å². The van der Waals surface area contributed by atoms with E-state index in [9.17, 15) is 0 Å². The first-order valence-electron chi connectivity index (χ1n) is 6.66. The average Bonchev–Trinajstić information content (AvgIpc) is 2.47. The summed E-state index contributed by atoms with van der Waals surface area (Å²) in [7, 11) is 0. The summed E-state index contributed by atoms with van der Waals surface area (Å²) >= 11 is 9.43. The molecule has 0 bridgehead atoms. The summed E-state index contributed by atoms with van der Waals surface area (Å²) in [5, 5.41) is 12.7. The van der Waals surface area contributed by atoms with Crippen LogP contribution in [0.5, 0.6) is 5.75 Å². The molecule has 112 valence electrons. The lowest BCUT2D eigenvalue weighted by atomic mass is 10.2. The Kier molecular flexibility index (Phi) is 6.51. The smallest absolute Gasteiger partial charge is 0.124 e. The summed E-state index contributed by atoms with van der Waals surface area (Å²) < 4.78 is 6.88. The van der Waals surface area contributed by atoms with Gasteiger partial charge in [0.2, 0.25) is 0 Å². The Balaban J connectivity index is 2.04. The highest BCUT2D eigenvalue weighted by Crippen LogP contribution is 2.24. The molecule has 2 rings (SSSR count). The van der Waals surface area contributed by atoms with Crippen LogP contribution in [0.15, 0.2) is 46.9 Å². The van der Waals surface area contributed by atoms with Gasteiger partial charge in [-0.25, -0.2) is 0 Å². The molecule has 2 aromatic rings. The van der Waals surface area contributed by atoms with Crippen LogP contribution in [0.3, 0.4) is 0 Å². The number of aliphatic hydroxyl groups excluding tert-OH is 1. The van der Waals surface area contributed by atoms with Gasteiger partial charge in [0, 0.05) is 28.1 Å². The molecular weight excluding hydrogens is 354 g/mol. The van der Waals surface area contributed by atoms with Crippen molar-refractivity contribution in [1.82, 2.24) is 5.32 Å². The first-order valence-corrected chi connectivity index (χ1v) is 7.83. The largest absolute Gasteiger partial charge is 0.489 e. The monoisotopic (exact) mass is 369 g/mol. The van der Waals surface area contributed by atoms with Gasteiger partial charge < -0.3 is 15.2 Å². The molecular formula is C16H17BrClNO2. The molecule has 0 saturated heterocycles. The molecule has 0 radical (unpaired) electrons. The maximum atomic E-state index is 8.83. The molecule has 21 heavy (non-hydrogen) atoms. The number of nitrogens with one attached hydrogen (secondary N) is 1. The fourth-order valence-electron chi connectivity index (χ4n) is 1.92. The second-order valence-electron chi connectivity index (χ2n) is 4.57. The van der Waals surface area contributed by atoms with E-state index >= 15 is 0 Å². The lowest BCUT2D eigenvalue weighted by Crippen LogP contribution is -2.18. The quantitative estimate of drug-likeness (QED) is 0.729. The third-order valence-electron chi connectivity index (χ3n) is 2.91. The number of hydrogen-bond donors (Lipinski definition) is 2. The minimum Gasteiger partial charge on any atom is -0.489 e. The lowest BCUT2D eigenvalue weighted by Gasteiger charge is -2.13. The third kappa shape index (κ3) is 5.32. The van der Waals surface area contributed by atoms with Crippen molar-refractivity contribution in [3.8, 4) is 5.75 Å². The van der Waals surface area contributed by atoms with Gasteiger partial charge in [-0.05, 0) is 35.9 Å². The van der Waals surface area contributed by atoms with Crippen LogP contribution in [0.4, 0.5) is 0 Å². The minimum atomic E-state index is 0.118. The molecule has 2 aromatic carbocycles.